The van der Waals surface area contributed by atoms with Gasteiger partial charge in [0.1, 0.15) is 0 Å². The molecule has 0 radical (unpaired) electrons. The van der Waals surface area contributed by atoms with Crippen molar-refractivity contribution in [3.8, 4) is 17.3 Å². The minimum Gasteiger partial charge on any atom is -0.461 e. The normalized spacial score (nSPS) is 11.0. The first kappa shape index (κ1) is 16.0. The van der Waals surface area contributed by atoms with Gasteiger partial charge in [-0.25, -0.2) is 4.68 Å². The highest BCUT2D eigenvalue weighted by Gasteiger charge is 2.20. The minimum absolute atomic E-state index is 0.128. The Labute approximate surface area is 140 Å². The quantitative estimate of drug-likeness (QED) is 0.782. The fourth-order valence-electron chi connectivity index (χ4n) is 2.29. The van der Waals surface area contributed by atoms with Crippen molar-refractivity contribution in [2.24, 2.45) is 5.92 Å². The maximum atomic E-state index is 12.3. The zero-order valence-electron chi connectivity index (χ0n) is 14.0. The molecule has 0 aliphatic carbocycles. The molecule has 3 aromatic rings. The Hall–Kier alpha value is -2.89. The van der Waals surface area contributed by atoms with E-state index in [0.717, 1.165) is 11.3 Å². The van der Waals surface area contributed by atoms with Crippen LogP contribution in [0, 0.1) is 12.8 Å². The van der Waals surface area contributed by atoms with Crippen LogP contribution in [0.1, 0.15) is 30.0 Å². The molecule has 0 spiro atoms. The second-order valence-electron chi connectivity index (χ2n) is 6.09. The van der Waals surface area contributed by atoms with Crippen LogP contribution in [0.3, 0.4) is 0 Å². The maximum Gasteiger partial charge on any atom is 0.291 e. The molecule has 6 nitrogen and oxygen atoms in total. The maximum absolute atomic E-state index is 12.3. The first-order chi connectivity index (χ1) is 11.5. The van der Waals surface area contributed by atoms with Crippen LogP contribution in [-0.4, -0.2) is 27.2 Å². The third-order valence-electron chi connectivity index (χ3n) is 3.47. The Morgan fingerprint density at radius 2 is 2.12 bits per heavy atom. The molecule has 0 saturated heterocycles. The van der Waals surface area contributed by atoms with Crippen LogP contribution in [0.4, 0.5) is 0 Å². The van der Waals surface area contributed by atoms with E-state index in [-0.39, 0.29) is 11.7 Å². The van der Waals surface area contributed by atoms with Crippen LogP contribution in [0.2, 0.25) is 0 Å². The molecule has 124 valence electrons. The Bertz CT molecular complexity index is 835. The average Bonchev–Trinajstić information content (AvgIpc) is 3.21. The largest absolute Gasteiger partial charge is 0.461 e. The molecule has 0 saturated carbocycles. The van der Waals surface area contributed by atoms with Gasteiger partial charge in [0.05, 0.1) is 12.0 Å². The van der Waals surface area contributed by atoms with E-state index in [0.29, 0.717) is 24.0 Å². The molecule has 0 bridgehead atoms. The Morgan fingerprint density at radius 1 is 1.29 bits per heavy atom. The van der Waals surface area contributed by atoms with E-state index in [1.807, 2.05) is 45.0 Å². The fourth-order valence-corrected chi connectivity index (χ4v) is 2.29. The molecule has 0 aliphatic rings. The predicted octanol–water partition coefficient (Wildman–Crippen LogP) is 3.22. The Kier molecular flexibility index (Phi) is 4.46. The molecule has 3 rings (SSSR count). The van der Waals surface area contributed by atoms with Crippen LogP contribution in [0.25, 0.3) is 17.3 Å². The number of rotatable bonds is 5. The number of nitrogens with zero attached hydrogens (tertiary/aromatic N) is 3. The zero-order chi connectivity index (χ0) is 17.1. The number of benzene rings is 1. The molecule has 0 aliphatic heterocycles. The van der Waals surface area contributed by atoms with E-state index in [1.165, 1.54) is 0 Å². The van der Waals surface area contributed by atoms with Crippen molar-refractivity contribution in [1.29, 1.82) is 0 Å². The van der Waals surface area contributed by atoms with Crippen molar-refractivity contribution >= 4 is 5.91 Å². The summed E-state index contributed by atoms with van der Waals surface area (Å²) in [7, 11) is 0. The van der Waals surface area contributed by atoms with Gasteiger partial charge in [-0.15, -0.1) is 5.10 Å². The first-order valence-electron chi connectivity index (χ1n) is 7.91. The molecule has 1 amide bonds. The van der Waals surface area contributed by atoms with Crippen LogP contribution in [0.15, 0.2) is 47.1 Å². The second-order valence-corrected chi connectivity index (χ2v) is 6.09. The molecule has 0 atom stereocenters. The predicted molar refractivity (Wildman–Crippen MR) is 91.0 cm³/mol. The van der Waals surface area contributed by atoms with E-state index in [1.54, 1.807) is 23.1 Å². The Morgan fingerprint density at radius 3 is 2.79 bits per heavy atom. The number of carbonyl (C=O) groups excluding carboxylic acids is 1. The van der Waals surface area contributed by atoms with Gasteiger partial charge in [0.25, 0.3) is 5.91 Å². The average molecular weight is 324 g/mol. The van der Waals surface area contributed by atoms with Crippen LogP contribution in [0.5, 0.6) is 0 Å². The first-order valence-corrected chi connectivity index (χ1v) is 7.91. The summed E-state index contributed by atoms with van der Waals surface area (Å²) in [4.78, 5) is 16.7. The van der Waals surface area contributed by atoms with Crippen LogP contribution in [-0.2, 0) is 0 Å². The van der Waals surface area contributed by atoms with E-state index < -0.39 is 0 Å². The number of nitrogens with one attached hydrogen (secondary N) is 1. The summed E-state index contributed by atoms with van der Waals surface area (Å²) in [6.07, 6.45) is 1.57. The highest BCUT2D eigenvalue weighted by molar-refractivity contribution is 5.90. The Balaban J connectivity index is 2.02. The van der Waals surface area contributed by atoms with Gasteiger partial charge in [0, 0.05) is 6.54 Å². The summed E-state index contributed by atoms with van der Waals surface area (Å²) < 4.78 is 7.08. The van der Waals surface area contributed by atoms with Gasteiger partial charge in [0.2, 0.25) is 5.82 Å². The number of amides is 1. The van der Waals surface area contributed by atoms with E-state index in [2.05, 4.69) is 15.4 Å². The summed E-state index contributed by atoms with van der Waals surface area (Å²) in [5.41, 5.74) is 1.93. The van der Waals surface area contributed by atoms with Crippen molar-refractivity contribution in [1.82, 2.24) is 20.1 Å². The lowest BCUT2D eigenvalue weighted by Gasteiger charge is -2.05. The number of carbonyl (C=O) groups is 1. The fraction of sp³-hybridized carbons (Fsp3) is 0.278. The van der Waals surface area contributed by atoms with Crippen molar-refractivity contribution < 1.29 is 9.21 Å². The molecule has 1 aromatic carbocycles. The lowest BCUT2D eigenvalue weighted by Crippen LogP contribution is -2.28. The molecule has 0 unspecified atom stereocenters. The van der Waals surface area contributed by atoms with Gasteiger partial charge < -0.3 is 9.73 Å². The summed E-state index contributed by atoms with van der Waals surface area (Å²) in [5, 5.41) is 7.23. The number of aromatic nitrogens is 3. The van der Waals surface area contributed by atoms with Gasteiger partial charge in [-0.1, -0.05) is 26.0 Å². The van der Waals surface area contributed by atoms with E-state index >= 15 is 0 Å². The molecule has 1 N–H and O–H groups in total. The number of hydrogen-bond acceptors (Lipinski definition) is 4. The van der Waals surface area contributed by atoms with Gasteiger partial charge in [-0.2, -0.15) is 4.98 Å². The summed E-state index contributed by atoms with van der Waals surface area (Å²) in [6, 6.07) is 11.4. The van der Waals surface area contributed by atoms with Gasteiger partial charge in [-0.05, 0) is 42.7 Å². The third-order valence-corrected chi connectivity index (χ3v) is 3.47. The van der Waals surface area contributed by atoms with Crippen molar-refractivity contribution in [2.75, 3.05) is 6.54 Å². The molecular formula is C18H20N4O2. The molecule has 2 aromatic heterocycles. The number of furan rings is 1. The summed E-state index contributed by atoms with van der Waals surface area (Å²) in [5.74, 6) is 1.26. The standard InChI is InChI=1S/C18H20N4O2/c1-12(2)11-19-18(23)16-20-17(15-8-5-9-24-15)22(21-16)14-7-4-6-13(3)10-14/h4-10,12H,11H2,1-3H3,(H,19,23). The molecule has 2 heterocycles. The molecular weight excluding hydrogens is 304 g/mol. The molecule has 0 fully saturated rings. The summed E-state index contributed by atoms with van der Waals surface area (Å²) >= 11 is 0. The van der Waals surface area contributed by atoms with E-state index in [9.17, 15) is 4.79 Å². The molecule has 24 heavy (non-hydrogen) atoms. The van der Waals surface area contributed by atoms with Gasteiger partial charge >= 0.3 is 0 Å². The SMILES string of the molecule is Cc1cccc(-n2nc(C(=O)NCC(C)C)nc2-c2ccco2)c1. The van der Waals surface area contributed by atoms with Gasteiger partial charge in [0.15, 0.2) is 11.6 Å². The van der Waals surface area contributed by atoms with Gasteiger partial charge in [-0.3, -0.25) is 4.79 Å². The lowest BCUT2D eigenvalue weighted by atomic mass is 10.2. The topological polar surface area (TPSA) is 73.0 Å². The van der Waals surface area contributed by atoms with Crippen molar-refractivity contribution in [3.63, 3.8) is 0 Å². The monoisotopic (exact) mass is 324 g/mol. The smallest absolute Gasteiger partial charge is 0.291 e. The van der Waals surface area contributed by atoms with E-state index in [4.69, 9.17) is 4.42 Å². The number of hydrogen-bond donors (Lipinski definition) is 1. The number of aryl methyl sites for hydroxylation is 1. The minimum atomic E-state index is -0.289. The third kappa shape index (κ3) is 3.37. The lowest BCUT2D eigenvalue weighted by molar-refractivity contribution is 0.0938. The second kappa shape index (κ2) is 6.70. The van der Waals surface area contributed by atoms with Crippen LogP contribution < -0.4 is 5.32 Å². The molecule has 6 heteroatoms. The van der Waals surface area contributed by atoms with Crippen molar-refractivity contribution in [3.05, 3.63) is 54.0 Å². The zero-order valence-corrected chi connectivity index (χ0v) is 14.0. The summed E-state index contributed by atoms with van der Waals surface area (Å²) in [6.45, 7) is 6.65. The highest BCUT2D eigenvalue weighted by Crippen LogP contribution is 2.22. The van der Waals surface area contributed by atoms with Crippen LogP contribution >= 0.6 is 0 Å². The van der Waals surface area contributed by atoms with Crippen molar-refractivity contribution in [2.45, 2.75) is 20.8 Å². The highest BCUT2D eigenvalue weighted by atomic mass is 16.3.